The highest BCUT2D eigenvalue weighted by atomic mass is 32.2. The maximum Gasteiger partial charge on any atom is 0.0367 e. The van der Waals surface area contributed by atoms with Crippen LogP contribution in [0.15, 0.2) is 29.2 Å². The molecule has 0 amide bonds. The highest BCUT2D eigenvalue weighted by Gasteiger charge is 2.29. The van der Waals surface area contributed by atoms with E-state index in [2.05, 4.69) is 41.5 Å². The van der Waals surface area contributed by atoms with Crippen LogP contribution in [0.2, 0.25) is 0 Å². The Morgan fingerprint density at radius 1 is 1.21 bits per heavy atom. The summed E-state index contributed by atoms with van der Waals surface area (Å²) in [4.78, 5) is 4.24. The average molecular weight is 276 g/mol. The van der Waals surface area contributed by atoms with Crippen LogP contribution in [0.25, 0.3) is 0 Å². The van der Waals surface area contributed by atoms with Crippen molar-refractivity contribution in [2.24, 2.45) is 5.92 Å². The summed E-state index contributed by atoms with van der Waals surface area (Å²) in [6.07, 6.45) is 4.03. The van der Waals surface area contributed by atoms with Crippen LogP contribution in [0.3, 0.4) is 0 Å². The minimum atomic E-state index is 0.674. The molecule has 0 radical (unpaired) electrons. The van der Waals surface area contributed by atoms with E-state index >= 15 is 0 Å². The number of fused-ring (bicyclic) bond motifs is 1. The van der Waals surface area contributed by atoms with E-state index in [1.807, 2.05) is 11.8 Å². The lowest BCUT2D eigenvalue weighted by Crippen LogP contribution is -2.39. The first-order valence-electron chi connectivity index (χ1n) is 7.49. The molecule has 19 heavy (non-hydrogen) atoms. The molecular weight excluding hydrogens is 252 g/mol. The summed E-state index contributed by atoms with van der Waals surface area (Å²) in [6, 6.07) is 9.68. The van der Waals surface area contributed by atoms with Crippen molar-refractivity contribution in [1.82, 2.24) is 10.2 Å². The molecule has 1 unspecified atom stereocenters. The lowest BCUT2D eigenvalue weighted by atomic mass is 9.93. The van der Waals surface area contributed by atoms with Gasteiger partial charge in [-0.1, -0.05) is 18.2 Å². The Morgan fingerprint density at radius 2 is 2.00 bits per heavy atom. The van der Waals surface area contributed by atoms with Crippen molar-refractivity contribution in [3.8, 4) is 0 Å². The Hall–Kier alpha value is -0.510. The third kappa shape index (κ3) is 2.99. The smallest absolute Gasteiger partial charge is 0.0367 e. The lowest BCUT2D eigenvalue weighted by molar-refractivity contribution is 0.127. The molecule has 1 aromatic rings. The molecule has 1 saturated heterocycles. The number of nitrogens with one attached hydrogen (secondary N) is 1. The second kappa shape index (κ2) is 6.29. The van der Waals surface area contributed by atoms with E-state index in [4.69, 9.17) is 0 Å². The van der Waals surface area contributed by atoms with Gasteiger partial charge in [0.25, 0.3) is 0 Å². The van der Waals surface area contributed by atoms with Gasteiger partial charge in [-0.2, -0.15) is 0 Å². The van der Waals surface area contributed by atoms with E-state index in [0.29, 0.717) is 6.04 Å². The number of likely N-dealkylation sites (tertiary alicyclic amines) is 1. The van der Waals surface area contributed by atoms with Gasteiger partial charge in [0.1, 0.15) is 0 Å². The zero-order valence-corrected chi connectivity index (χ0v) is 12.6. The molecule has 3 heteroatoms. The molecule has 1 aromatic carbocycles. The van der Waals surface area contributed by atoms with Gasteiger partial charge in [0.15, 0.2) is 0 Å². The van der Waals surface area contributed by atoms with Crippen molar-refractivity contribution in [2.75, 3.05) is 32.4 Å². The Bertz CT molecular complexity index is 413. The topological polar surface area (TPSA) is 15.3 Å². The Morgan fingerprint density at radius 3 is 2.79 bits per heavy atom. The molecule has 0 bridgehead atoms. The minimum absolute atomic E-state index is 0.674. The highest BCUT2D eigenvalue weighted by Crippen LogP contribution is 2.40. The number of benzene rings is 1. The van der Waals surface area contributed by atoms with Gasteiger partial charge in [0.05, 0.1) is 0 Å². The number of thioether (sulfide) groups is 1. The van der Waals surface area contributed by atoms with E-state index < -0.39 is 0 Å². The van der Waals surface area contributed by atoms with Crippen LogP contribution >= 0.6 is 11.8 Å². The number of hydrogen-bond acceptors (Lipinski definition) is 3. The monoisotopic (exact) mass is 276 g/mol. The van der Waals surface area contributed by atoms with Crippen LogP contribution in [0.1, 0.15) is 30.9 Å². The average Bonchev–Trinajstić information content (AvgIpc) is 2.48. The molecule has 1 N–H and O–H groups in total. The largest absolute Gasteiger partial charge is 0.319 e. The van der Waals surface area contributed by atoms with Crippen LogP contribution < -0.4 is 5.32 Å². The van der Waals surface area contributed by atoms with E-state index in [1.165, 1.54) is 49.5 Å². The van der Waals surface area contributed by atoms with E-state index in [9.17, 15) is 0 Å². The van der Waals surface area contributed by atoms with Crippen LogP contribution in [0.4, 0.5) is 0 Å². The Kier molecular flexibility index (Phi) is 4.46. The van der Waals surface area contributed by atoms with E-state index in [-0.39, 0.29) is 0 Å². The third-order valence-corrected chi connectivity index (χ3v) is 5.63. The molecule has 0 aromatic heterocycles. The summed E-state index contributed by atoms with van der Waals surface area (Å²) in [5.74, 6) is 2.16. The predicted octanol–water partition coefficient (Wildman–Crippen LogP) is 3.15. The van der Waals surface area contributed by atoms with Crippen molar-refractivity contribution in [3.05, 3.63) is 29.8 Å². The van der Waals surface area contributed by atoms with Crippen LogP contribution in [-0.2, 0) is 0 Å². The normalized spacial score (nSPS) is 25.2. The molecule has 2 nitrogen and oxygen atoms in total. The fraction of sp³-hybridized carbons (Fsp3) is 0.625. The first-order valence-corrected chi connectivity index (χ1v) is 8.47. The maximum absolute atomic E-state index is 3.33. The zero-order valence-electron chi connectivity index (χ0n) is 11.8. The summed E-state index contributed by atoms with van der Waals surface area (Å²) < 4.78 is 0. The molecule has 2 aliphatic rings. The summed E-state index contributed by atoms with van der Waals surface area (Å²) in [5, 5.41) is 3.33. The van der Waals surface area contributed by atoms with Gasteiger partial charge in [0.2, 0.25) is 0 Å². The highest BCUT2D eigenvalue weighted by molar-refractivity contribution is 7.99. The summed E-state index contributed by atoms with van der Waals surface area (Å²) in [6.45, 7) is 3.73. The van der Waals surface area contributed by atoms with Gasteiger partial charge >= 0.3 is 0 Å². The molecule has 1 fully saturated rings. The zero-order chi connectivity index (χ0) is 13.1. The van der Waals surface area contributed by atoms with Gasteiger partial charge in [-0.3, -0.25) is 4.90 Å². The minimum Gasteiger partial charge on any atom is -0.319 e. The maximum atomic E-state index is 3.33. The van der Waals surface area contributed by atoms with Crippen molar-refractivity contribution < 1.29 is 0 Å². The van der Waals surface area contributed by atoms with Gasteiger partial charge < -0.3 is 5.32 Å². The summed E-state index contributed by atoms with van der Waals surface area (Å²) in [7, 11) is 2.07. The molecule has 0 aliphatic carbocycles. The molecule has 2 aliphatic heterocycles. The second-order valence-corrected chi connectivity index (χ2v) is 6.86. The van der Waals surface area contributed by atoms with E-state index in [1.54, 1.807) is 5.56 Å². The number of rotatable bonds is 3. The molecule has 0 saturated carbocycles. The Labute approximate surface area is 121 Å². The van der Waals surface area contributed by atoms with Gasteiger partial charge in [-0.05, 0) is 69.2 Å². The molecule has 104 valence electrons. The molecule has 0 spiro atoms. The van der Waals surface area contributed by atoms with Crippen LogP contribution in [-0.4, -0.2) is 37.3 Å². The van der Waals surface area contributed by atoms with Gasteiger partial charge in [-0.25, -0.2) is 0 Å². The molecule has 1 atom stereocenters. The predicted molar refractivity (Wildman–Crippen MR) is 82.7 cm³/mol. The van der Waals surface area contributed by atoms with Crippen LogP contribution in [0.5, 0.6) is 0 Å². The quantitative estimate of drug-likeness (QED) is 0.913. The fourth-order valence-electron chi connectivity index (χ4n) is 3.46. The number of nitrogens with zero attached hydrogens (tertiary/aromatic N) is 1. The lowest BCUT2D eigenvalue weighted by Gasteiger charge is -2.40. The van der Waals surface area contributed by atoms with Crippen molar-refractivity contribution in [1.29, 1.82) is 0 Å². The SMILES string of the molecule is CNCC1CCN(C2CCSc3ccccc32)CC1. The van der Waals surface area contributed by atoms with E-state index in [0.717, 1.165) is 5.92 Å². The molecular formula is C16H24N2S. The summed E-state index contributed by atoms with van der Waals surface area (Å²) >= 11 is 2.03. The number of piperidine rings is 1. The fourth-order valence-corrected chi connectivity index (χ4v) is 4.57. The van der Waals surface area contributed by atoms with Gasteiger partial charge in [0, 0.05) is 10.9 Å². The first kappa shape index (κ1) is 13.5. The number of hydrogen-bond donors (Lipinski definition) is 1. The van der Waals surface area contributed by atoms with Crippen molar-refractivity contribution in [3.63, 3.8) is 0 Å². The molecule has 3 rings (SSSR count). The van der Waals surface area contributed by atoms with Crippen molar-refractivity contribution in [2.45, 2.75) is 30.2 Å². The standard InChI is InChI=1S/C16H24N2S/c1-17-12-13-6-9-18(10-7-13)15-8-11-19-16-5-3-2-4-14(15)16/h2-5,13,15,17H,6-12H2,1H3. The third-order valence-electron chi connectivity index (χ3n) is 4.51. The second-order valence-electron chi connectivity index (χ2n) is 5.73. The van der Waals surface area contributed by atoms with Crippen LogP contribution in [0, 0.1) is 5.92 Å². The first-order chi connectivity index (χ1) is 9.38. The van der Waals surface area contributed by atoms with Gasteiger partial charge in [-0.15, -0.1) is 11.8 Å². The Balaban J connectivity index is 1.68. The molecule has 2 heterocycles. The summed E-state index contributed by atoms with van der Waals surface area (Å²) in [5.41, 5.74) is 1.57. The van der Waals surface area contributed by atoms with Crippen molar-refractivity contribution >= 4 is 11.8 Å².